The maximum absolute atomic E-state index is 12.2. The fourth-order valence-electron chi connectivity index (χ4n) is 2.70. The number of ether oxygens (including phenoxy) is 3. The number of alkyl carbamates (subject to hydrolysis) is 1. The smallest absolute Gasteiger partial charge is 0.407 e. The summed E-state index contributed by atoms with van der Waals surface area (Å²) in [5, 5.41) is 3.53. The number of halogens is 1. The van der Waals surface area contributed by atoms with Crippen LogP contribution in [0.15, 0.2) is 52.0 Å². The topological polar surface area (TPSA) is 103 Å². The van der Waals surface area contributed by atoms with Crippen LogP contribution < -0.4 is 20.3 Å². The number of aromatic nitrogens is 2. The molecule has 0 unspecified atom stereocenters. The zero-order valence-corrected chi connectivity index (χ0v) is 19.1. The Bertz CT molecular complexity index is 1120. The summed E-state index contributed by atoms with van der Waals surface area (Å²) in [7, 11) is 0. The van der Waals surface area contributed by atoms with Crippen LogP contribution in [0, 0.1) is 0 Å². The molecule has 0 aliphatic carbocycles. The van der Waals surface area contributed by atoms with Crippen LogP contribution in [0.4, 0.5) is 4.79 Å². The van der Waals surface area contributed by atoms with Crippen LogP contribution in [0.25, 0.3) is 10.9 Å². The molecule has 0 aliphatic rings. The van der Waals surface area contributed by atoms with Gasteiger partial charge in [-0.25, -0.2) is 4.79 Å². The van der Waals surface area contributed by atoms with Gasteiger partial charge in [0.05, 0.1) is 6.20 Å². The summed E-state index contributed by atoms with van der Waals surface area (Å²) in [5.74, 6) is 0.756. The van der Waals surface area contributed by atoms with E-state index in [1.165, 1.54) is 0 Å². The minimum absolute atomic E-state index is 0.184. The first kappa shape index (κ1) is 22.6. The molecule has 0 saturated carbocycles. The third kappa shape index (κ3) is 6.99. The summed E-state index contributed by atoms with van der Waals surface area (Å²) in [4.78, 5) is 30.8. The average Bonchev–Trinajstić information content (AvgIpc) is 2.69. The van der Waals surface area contributed by atoms with Gasteiger partial charge >= 0.3 is 6.09 Å². The van der Waals surface area contributed by atoms with Gasteiger partial charge in [-0.15, -0.1) is 0 Å². The molecule has 0 fully saturated rings. The number of carbonyl (C=O) groups excluding carboxylic acids is 1. The molecule has 0 spiro atoms. The van der Waals surface area contributed by atoms with Crippen LogP contribution in [-0.2, 0) is 11.3 Å². The molecular weight excluding hydrogens is 466 g/mol. The number of pyridine rings is 2. The zero-order chi connectivity index (χ0) is 22.4. The van der Waals surface area contributed by atoms with E-state index in [1.807, 2.05) is 18.2 Å². The van der Waals surface area contributed by atoms with Gasteiger partial charge in [-0.2, -0.15) is 0 Å². The summed E-state index contributed by atoms with van der Waals surface area (Å²) in [6, 6.07) is 9.05. The third-order valence-corrected chi connectivity index (χ3v) is 4.48. The minimum Gasteiger partial charge on any atom is -0.488 e. The van der Waals surface area contributed by atoms with E-state index in [2.05, 4.69) is 31.2 Å². The van der Waals surface area contributed by atoms with Crippen LogP contribution in [0.1, 0.15) is 26.3 Å². The van der Waals surface area contributed by atoms with Gasteiger partial charge in [0.15, 0.2) is 5.75 Å². The predicted molar refractivity (Wildman–Crippen MR) is 121 cm³/mol. The van der Waals surface area contributed by atoms with Crippen LogP contribution in [0.3, 0.4) is 0 Å². The first-order valence-corrected chi connectivity index (χ1v) is 10.5. The summed E-state index contributed by atoms with van der Waals surface area (Å²) >= 11 is 3.41. The number of hydrogen-bond donors (Lipinski definition) is 2. The van der Waals surface area contributed by atoms with Crippen molar-refractivity contribution < 1.29 is 19.0 Å². The van der Waals surface area contributed by atoms with Gasteiger partial charge in [-0.3, -0.25) is 9.78 Å². The van der Waals surface area contributed by atoms with Crippen LogP contribution in [0.5, 0.6) is 11.5 Å². The molecule has 3 aromatic rings. The van der Waals surface area contributed by atoms with E-state index in [0.717, 1.165) is 20.9 Å². The van der Waals surface area contributed by atoms with Gasteiger partial charge in [0, 0.05) is 28.1 Å². The fraction of sp³-hybridized carbons (Fsp3) is 0.318. The number of benzene rings is 1. The minimum atomic E-state index is -0.559. The number of nitrogens with zero attached hydrogens (tertiary/aromatic N) is 1. The molecule has 3 rings (SSSR count). The summed E-state index contributed by atoms with van der Waals surface area (Å²) in [6.07, 6.45) is 2.70. The first-order chi connectivity index (χ1) is 14.7. The van der Waals surface area contributed by atoms with E-state index < -0.39 is 11.7 Å². The molecule has 2 N–H and O–H groups in total. The van der Waals surface area contributed by atoms with Crippen LogP contribution in [-0.4, -0.2) is 34.9 Å². The lowest BCUT2D eigenvalue weighted by molar-refractivity contribution is 0.0523. The molecule has 31 heavy (non-hydrogen) atoms. The molecule has 0 atom stereocenters. The number of fused-ring (bicyclic) bond motifs is 1. The van der Waals surface area contributed by atoms with E-state index in [1.54, 1.807) is 45.3 Å². The zero-order valence-electron chi connectivity index (χ0n) is 17.5. The Labute approximate surface area is 188 Å². The van der Waals surface area contributed by atoms with Gasteiger partial charge in [-0.1, -0.05) is 15.9 Å². The molecule has 1 amide bonds. The molecule has 0 bridgehead atoms. The van der Waals surface area contributed by atoms with Gasteiger partial charge in [0.25, 0.3) is 5.56 Å². The molecule has 2 heterocycles. The number of hydrogen-bond acceptors (Lipinski definition) is 6. The molecule has 164 valence electrons. The van der Waals surface area contributed by atoms with Crippen molar-refractivity contribution in [3.8, 4) is 11.5 Å². The Morgan fingerprint density at radius 2 is 1.90 bits per heavy atom. The maximum atomic E-state index is 12.2. The molecule has 0 saturated heterocycles. The average molecular weight is 490 g/mol. The normalized spacial score (nSPS) is 11.2. The van der Waals surface area contributed by atoms with Crippen molar-refractivity contribution in [2.75, 3.05) is 13.2 Å². The fourth-order valence-corrected chi connectivity index (χ4v) is 3.08. The molecular formula is C22H24BrN3O5. The number of nitrogens with one attached hydrogen (secondary N) is 2. The van der Waals surface area contributed by atoms with Crippen molar-refractivity contribution in [1.82, 2.24) is 15.3 Å². The molecule has 0 radical (unpaired) electrons. The van der Waals surface area contributed by atoms with Crippen molar-refractivity contribution >= 4 is 32.9 Å². The Hall–Kier alpha value is -3.07. The Morgan fingerprint density at radius 3 is 2.68 bits per heavy atom. The third-order valence-electron chi connectivity index (χ3n) is 3.99. The molecule has 1 aromatic carbocycles. The number of amides is 1. The second-order valence-electron chi connectivity index (χ2n) is 7.78. The Morgan fingerprint density at radius 1 is 1.13 bits per heavy atom. The van der Waals surface area contributed by atoms with E-state index in [0.29, 0.717) is 5.75 Å². The summed E-state index contributed by atoms with van der Waals surface area (Å²) in [5.41, 5.74) is 0.642. The SMILES string of the molecule is CC(C)(C)OC(=O)NCc1cncc(OCCOc2cc3cc(Br)ccc3[nH]c2=O)c1. The van der Waals surface area contributed by atoms with E-state index >= 15 is 0 Å². The number of rotatable bonds is 7. The van der Waals surface area contributed by atoms with Gasteiger partial charge in [0.2, 0.25) is 0 Å². The highest BCUT2D eigenvalue weighted by molar-refractivity contribution is 9.10. The summed E-state index contributed by atoms with van der Waals surface area (Å²) in [6.45, 7) is 6.07. The Balaban J connectivity index is 1.50. The highest BCUT2D eigenvalue weighted by Gasteiger charge is 2.15. The second-order valence-corrected chi connectivity index (χ2v) is 8.69. The van der Waals surface area contributed by atoms with Gasteiger partial charge < -0.3 is 24.5 Å². The highest BCUT2D eigenvalue weighted by atomic mass is 79.9. The highest BCUT2D eigenvalue weighted by Crippen LogP contribution is 2.20. The molecule has 2 aromatic heterocycles. The van der Waals surface area contributed by atoms with Crippen LogP contribution >= 0.6 is 15.9 Å². The van der Waals surface area contributed by atoms with Crippen molar-refractivity contribution in [2.45, 2.75) is 32.9 Å². The predicted octanol–water partition coefficient (Wildman–Crippen LogP) is 4.17. The quantitative estimate of drug-likeness (QED) is 0.482. The van der Waals surface area contributed by atoms with Gasteiger partial charge in [0.1, 0.15) is 24.6 Å². The van der Waals surface area contributed by atoms with Crippen molar-refractivity contribution in [2.24, 2.45) is 0 Å². The standard InChI is InChI=1S/C22H24BrN3O5/c1-22(2,3)31-21(28)25-12-14-8-17(13-24-11-14)29-6-7-30-19-10-15-9-16(23)4-5-18(15)26-20(19)27/h4-5,8-11,13H,6-7,12H2,1-3H3,(H,25,28)(H,26,27). The number of H-pyrrole nitrogens is 1. The summed E-state index contributed by atoms with van der Waals surface area (Å²) < 4.78 is 17.4. The largest absolute Gasteiger partial charge is 0.488 e. The van der Waals surface area contributed by atoms with E-state index in [-0.39, 0.29) is 31.1 Å². The molecule has 8 nitrogen and oxygen atoms in total. The van der Waals surface area contributed by atoms with Crippen molar-refractivity contribution in [3.05, 3.63) is 63.1 Å². The second kappa shape index (κ2) is 9.82. The lowest BCUT2D eigenvalue weighted by Crippen LogP contribution is -2.32. The first-order valence-electron chi connectivity index (χ1n) is 9.68. The van der Waals surface area contributed by atoms with E-state index in [4.69, 9.17) is 14.2 Å². The van der Waals surface area contributed by atoms with Gasteiger partial charge in [-0.05, 0) is 56.7 Å². The molecule has 0 aliphatic heterocycles. The lowest BCUT2D eigenvalue weighted by Gasteiger charge is -2.19. The monoisotopic (exact) mass is 489 g/mol. The lowest BCUT2D eigenvalue weighted by atomic mass is 10.2. The van der Waals surface area contributed by atoms with E-state index in [9.17, 15) is 9.59 Å². The Kier molecular flexibility index (Phi) is 7.17. The maximum Gasteiger partial charge on any atom is 0.407 e. The van der Waals surface area contributed by atoms with Crippen molar-refractivity contribution in [1.29, 1.82) is 0 Å². The number of carbonyl (C=O) groups is 1. The number of aromatic amines is 1. The van der Waals surface area contributed by atoms with Crippen LogP contribution in [0.2, 0.25) is 0 Å². The molecule has 9 heteroatoms. The van der Waals surface area contributed by atoms with Crippen molar-refractivity contribution in [3.63, 3.8) is 0 Å².